The molecule has 11 nitrogen and oxygen atoms in total. The van der Waals surface area contributed by atoms with Crippen molar-refractivity contribution in [3.63, 3.8) is 0 Å². The molecule has 3 aromatic rings. The van der Waals surface area contributed by atoms with Gasteiger partial charge in [0.2, 0.25) is 11.8 Å². The number of ether oxygens (including phenoxy) is 2. The number of hydrogen-bond acceptors (Lipinski definition) is 8. The van der Waals surface area contributed by atoms with Gasteiger partial charge in [0.25, 0.3) is 0 Å². The number of nitrogens with zero attached hydrogens (tertiary/aromatic N) is 2. The summed E-state index contributed by atoms with van der Waals surface area (Å²) in [4.78, 5) is 21.7. The van der Waals surface area contributed by atoms with Gasteiger partial charge in [0.05, 0.1) is 27.6 Å². The third kappa shape index (κ3) is 11.5. The van der Waals surface area contributed by atoms with E-state index in [0.717, 1.165) is 0 Å². The van der Waals surface area contributed by atoms with Gasteiger partial charge in [-0.15, -0.1) is 0 Å². The van der Waals surface area contributed by atoms with Crippen LogP contribution < -0.4 is 20.1 Å². The monoisotopic (exact) mass is 656 g/mol. The fourth-order valence-corrected chi connectivity index (χ4v) is 5.47. The predicted molar refractivity (Wildman–Crippen MR) is 173 cm³/mol. The summed E-state index contributed by atoms with van der Waals surface area (Å²) in [5.41, 5.74) is 1.17. The van der Waals surface area contributed by atoms with Crippen molar-refractivity contribution in [1.82, 2.24) is 9.97 Å². The number of halogens is 2. The Labute approximate surface area is 260 Å². The number of aliphatic hydroxyl groups is 4. The van der Waals surface area contributed by atoms with Crippen molar-refractivity contribution in [3.8, 4) is 11.6 Å². The lowest BCUT2D eigenvalue weighted by atomic mass is 10.2. The van der Waals surface area contributed by atoms with Crippen molar-refractivity contribution in [3.05, 3.63) is 65.2 Å². The first-order chi connectivity index (χ1) is 20.5. The Kier molecular flexibility index (Phi) is 13.8. The minimum absolute atomic E-state index is 0.0629. The number of aliphatic hydroxyl groups excluding tert-OH is 4. The number of thiol groups is 2. The van der Waals surface area contributed by atoms with E-state index in [4.69, 9.17) is 21.1 Å². The first kappa shape index (κ1) is 34.4. The molecule has 0 saturated carbocycles. The second kappa shape index (κ2) is 17.3. The second-order valence-electron chi connectivity index (χ2n) is 9.20. The Bertz CT molecular complexity index is 1440. The Morgan fingerprint density at radius 3 is 2.42 bits per heavy atom. The number of rotatable bonds is 15. The normalized spacial score (nSPS) is 13.7. The molecule has 0 aliphatic heterocycles. The first-order valence-corrected chi connectivity index (χ1v) is 15.5. The fourth-order valence-electron chi connectivity index (χ4n) is 3.47. The highest BCUT2D eigenvalue weighted by Crippen LogP contribution is 2.34. The maximum atomic E-state index is 13.5. The largest absolute Gasteiger partial charge is 0.487 e. The molecular weight excluding hydrogens is 623 g/mol. The lowest BCUT2D eigenvalue weighted by Crippen LogP contribution is -2.28. The van der Waals surface area contributed by atoms with Crippen LogP contribution in [0.3, 0.4) is 0 Å². The van der Waals surface area contributed by atoms with Gasteiger partial charge in [-0.1, -0.05) is 23.7 Å². The molecule has 15 heteroatoms. The van der Waals surface area contributed by atoms with Crippen molar-refractivity contribution >= 4 is 67.5 Å². The van der Waals surface area contributed by atoms with Crippen LogP contribution in [0.2, 0.25) is 5.02 Å². The molecule has 43 heavy (non-hydrogen) atoms. The molecule has 0 bridgehead atoms. The highest BCUT2D eigenvalue weighted by molar-refractivity contribution is 7.99. The molecule has 0 aliphatic rings. The van der Waals surface area contributed by atoms with Gasteiger partial charge in [-0.2, -0.15) is 27.7 Å². The van der Waals surface area contributed by atoms with Crippen molar-refractivity contribution in [2.24, 2.45) is 5.92 Å². The van der Waals surface area contributed by atoms with E-state index in [2.05, 4.69) is 20.6 Å². The molecule has 1 heterocycles. The summed E-state index contributed by atoms with van der Waals surface area (Å²) < 4.78 is 24.8. The number of aromatic nitrogens is 2. The van der Waals surface area contributed by atoms with Crippen molar-refractivity contribution in [1.29, 1.82) is 0 Å². The topological polar surface area (TPSA) is 166 Å². The molecule has 0 spiro atoms. The Balaban J connectivity index is 1.87. The number of carbonyl (C=O) groups excluding carboxylic acids is 1. The van der Waals surface area contributed by atoms with Crippen LogP contribution in [-0.2, 0) is 11.4 Å². The van der Waals surface area contributed by atoms with Gasteiger partial charge in [0, 0.05) is 5.69 Å². The molecule has 0 fully saturated rings. The average Bonchev–Trinajstić information content (AvgIpc) is 2.96. The highest BCUT2D eigenvalue weighted by atomic mass is 35.5. The van der Waals surface area contributed by atoms with E-state index in [0.29, 0.717) is 39.7 Å². The Morgan fingerprint density at radius 2 is 1.79 bits per heavy atom. The lowest BCUT2D eigenvalue weighted by Gasteiger charge is -2.19. The van der Waals surface area contributed by atoms with E-state index < -0.39 is 24.5 Å². The lowest BCUT2D eigenvalue weighted by molar-refractivity contribution is -0.118. The maximum absolute atomic E-state index is 13.5. The zero-order chi connectivity index (χ0) is 31.4. The predicted octanol–water partition coefficient (Wildman–Crippen LogP) is 4.23. The number of anilines is 3. The fraction of sp³-hybridized carbons (Fsp3) is 0.321. The molecule has 6 N–H and O–H groups in total. The van der Waals surface area contributed by atoms with Crippen LogP contribution in [0.4, 0.5) is 21.6 Å². The van der Waals surface area contributed by atoms with Crippen molar-refractivity contribution in [2.45, 2.75) is 26.6 Å². The van der Waals surface area contributed by atoms with Crippen LogP contribution in [0.25, 0.3) is 0 Å². The molecule has 2 aromatic carbocycles. The molecule has 234 valence electrons. The van der Waals surface area contributed by atoms with E-state index in [9.17, 15) is 29.6 Å². The Hall–Kier alpha value is -3.11. The van der Waals surface area contributed by atoms with Crippen LogP contribution in [0.5, 0.6) is 11.6 Å². The van der Waals surface area contributed by atoms with Crippen LogP contribution in [-0.4, -0.2) is 77.2 Å². The second-order valence-corrected chi connectivity index (χ2v) is 12.3. The van der Waals surface area contributed by atoms with Crippen molar-refractivity contribution < 1.29 is 39.1 Å². The molecular formula is C28H34ClFN4O7S2. The zero-order valence-corrected chi connectivity index (χ0v) is 25.9. The summed E-state index contributed by atoms with van der Waals surface area (Å²) in [5, 5.41) is 44.7. The van der Waals surface area contributed by atoms with Gasteiger partial charge < -0.3 is 40.5 Å². The third-order valence-electron chi connectivity index (χ3n) is 5.61. The van der Waals surface area contributed by atoms with Gasteiger partial charge in [0.15, 0.2) is 5.82 Å². The number of hydrogen-bond donors (Lipinski definition) is 8. The third-order valence-corrected chi connectivity index (χ3v) is 8.07. The van der Waals surface area contributed by atoms with Gasteiger partial charge in [-0.05, 0) is 61.2 Å². The molecule has 0 aliphatic carbocycles. The molecule has 1 amide bonds. The molecule has 0 unspecified atom stereocenters. The summed E-state index contributed by atoms with van der Waals surface area (Å²) in [5.74, 6) is -0.403. The smallest absolute Gasteiger partial charge is 0.243 e. The number of carbonyl (C=O) groups is 1. The van der Waals surface area contributed by atoms with E-state index in [1.807, 2.05) is 0 Å². The van der Waals surface area contributed by atoms with Gasteiger partial charge >= 0.3 is 0 Å². The highest BCUT2D eigenvalue weighted by Gasteiger charge is 2.23. The maximum Gasteiger partial charge on any atom is 0.243 e. The SMILES string of the molecule is CC(O)=[SH]CC(C[SH]=C(C)O)C(=O)Nc1c(Nc2ccc(OCc3cccc(F)c3)c(Cl)c2)ncnc1OC[C@H](O)CO. The van der Waals surface area contributed by atoms with E-state index >= 15 is 0 Å². The minimum Gasteiger partial charge on any atom is -0.487 e. The van der Waals surface area contributed by atoms with Crippen LogP contribution in [0.15, 0.2) is 48.8 Å². The average molecular weight is 657 g/mol. The minimum atomic E-state index is -1.19. The molecule has 0 radical (unpaired) electrons. The Morgan fingerprint density at radius 1 is 1.07 bits per heavy atom. The standard InChI is InChI=1S/C28H34ClFN4O7S2/c1-16(36)42-13-19(14-43-17(2)37)27(39)34-25-26(31-15-32-28(25)41-12-22(38)10-35)33-21-6-7-24(23(29)9-21)40-11-18-4-3-5-20(30)8-18/h3-9,15,19,22,35-38,42-43H,10-14H2,1-2H3,(H,34,39)(H,31,32,33)/t22-/m1/s1. The van der Waals surface area contributed by atoms with Crippen LogP contribution in [0, 0.1) is 11.7 Å². The van der Waals surface area contributed by atoms with E-state index in [1.165, 1.54) is 32.3 Å². The van der Waals surface area contributed by atoms with Gasteiger partial charge in [-0.3, -0.25) is 4.79 Å². The number of nitrogens with one attached hydrogen (secondary N) is 2. The summed E-state index contributed by atoms with van der Waals surface area (Å²) in [7, 11) is 0. The van der Waals surface area contributed by atoms with Crippen LogP contribution >= 0.6 is 34.3 Å². The summed E-state index contributed by atoms with van der Waals surface area (Å²) in [6.07, 6.45) is 0.00437. The quantitative estimate of drug-likeness (QED) is 0.0877. The van der Waals surface area contributed by atoms with Crippen LogP contribution in [0.1, 0.15) is 19.4 Å². The summed E-state index contributed by atoms with van der Waals surface area (Å²) in [6, 6.07) is 10.9. The summed E-state index contributed by atoms with van der Waals surface area (Å²) >= 11 is 7.56. The number of benzene rings is 2. The molecule has 1 atom stereocenters. The number of amides is 1. The first-order valence-electron chi connectivity index (χ1n) is 13.0. The van der Waals surface area contributed by atoms with Gasteiger partial charge in [0.1, 0.15) is 42.9 Å². The van der Waals surface area contributed by atoms with E-state index in [1.54, 1.807) is 30.3 Å². The van der Waals surface area contributed by atoms with Crippen molar-refractivity contribution in [2.75, 3.05) is 35.4 Å². The van der Waals surface area contributed by atoms with Gasteiger partial charge in [-0.25, -0.2) is 9.37 Å². The van der Waals surface area contributed by atoms with E-state index in [-0.39, 0.29) is 63.0 Å². The summed E-state index contributed by atoms with van der Waals surface area (Å²) in [6.45, 7) is 2.32. The molecule has 0 saturated heterocycles. The molecule has 3 rings (SSSR count). The zero-order valence-electron chi connectivity index (χ0n) is 23.4. The molecule has 1 aromatic heterocycles.